The third-order valence-corrected chi connectivity index (χ3v) is 5.67. The molecule has 0 aromatic heterocycles. The molecule has 0 spiro atoms. The second-order valence-corrected chi connectivity index (χ2v) is 8.65. The van der Waals surface area contributed by atoms with Gasteiger partial charge in [-0.05, 0) is 82.9 Å². The molecule has 3 aromatic carbocycles. The zero-order valence-corrected chi connectivity index (χ0v) is 19.1. The number of benzene rings is 3. The van der Waals surface area contributed by atoms with Crippen molar-refractivity contribution in [2.45, 2.75) is 27.0 Å². The SMILES string of the molecule is Cc1ccc(NCc2cc(Br)cc(Br)c2OCc2ccc(Cl)cc2)cc1C. The van der Waals surface area contributed by atoms with Gasteiger partial charge >= 0.3 is 0 Å². The molecule has 140 valence electrons. The van der Waals surface area contributed by atoms with Crippen LogP contribution in [-0.2, 0) is 13.2 Å². The number of anilines is 1. The minimum absolute atomic E-state index is 0.480. The van der Waals surface area contributed by atoms with Crippen molar-refractivity contribution in [2.24, 2.45) is 0 Å². The highest BCUT2D eigenvalue weighted by atomic mass is 79.9. The molecule has 27 heavy (non-hydrogen) atoms. The zero-order chi connectivity index (χ0) is 19.4. The Morgan fingerprint density at radius 1 is 0.926 bits per heavy atom. The Morgan fingerprint density at radius 2 is 1.67 bits per heavy atom. The lowest BCUT2D eigenvalue weighted by atomic mass is 10.1. The Labute approximate surface area is 182 Å². The van der Waals surface area contributed by atoms with Gasteiger partial charge in [0.25, 0.3) is 0 Å². The molecule has 0 saturated heterocycles. The van der Waals surface area contributed by atoms with Gasteiger partial charge in [0.2, 0.25) is 0 Å². The standard InChI is InChI=1S/C22H20Br2ClNO/c1-14-3-8-20(9-15(14)2)26-12-17-10-18(23)11-21(24)22(17)27-13-16-4-6-19(25)7-5-16/h3-11,26H,12-13H2,1-2H3. The second-order valence-electron chi connectivity index (χ2n) is 6.44. The number of ether oxygens (including phenoxy) is 1. The van der Waals surface area contributed by atoms with Crippen molar-refractivity contribution in [3.8, 4) is 5.75 Å². The maximum atomic E-state index is 6.13. The van der Waals surface area contributed by atoms with E-state index in [2.05, 4.69) is 75.3 Å². The maximum Gasteiger partial charge on any atom is 0.139 e. The molecule has 3 aromatic rings. The monoisotopic (exact) mass is 507 g/mol. The van der Waals surface area contributed by atoms with Crippen LogP contribution in [0.4, 0.5) is 5.69 Å². The summed E-state index contributed by atoms with van der Waals surface area (Å²) in [5.41, 5.74) is 5.80. The van der Waals surface area contributed by atoms with Gasteiger partial charge in [-0.3, -0.25) is 0 Å². The summed E-state index contributed by atoms with van der Waals surface area (Å²) >= 11 is 13.2. The molecule has 0 aliphatic heterocycles. The fourth-order valence-electron chi connectivity index (χ4n) is 2.69. The second kappa shape index (κ2) is 9.13. The summed E-state index contributed by atoms with van der Waals surface area (Å²) in [6.45, 7) is 5.38. The first-order valence-electron chi connectivity index (χ1n) is 8.58. The van der Waals surface area contributed by atoms with Crippen molar-refractivity contribution in [1.82, 2.24) is 0 Å². The van der Waals surface area contributed by atoms with E-state index < -0.39 is 0 Å². The van der Waals surface area contributed by atoms with Crippen LogP contribution in [0.1, 0.15) is 22.3 Å². The van der Waals surface area contributed by atoms with Gasteiger partial charge in [-0.2, -0.15) is 0 Å². The van der Waals surface area contributed by atoms with Crippen molar-refractivity contribution in [1.29, 1.82) is 0 Å². The third-order valence-electron chi connectivity index (χ3n) is 4.37. The maximum absolute atomic E-state index is 6.13. The lowest BCUT2D eigenvalue weighted by Gasteiger charge is -2.16. The average Bonchev–Trinajstić information content (AvgIpc) is 2.63. The van der Waals surface area contributed by atoms with Crippen LogP contribution in [0.2, 0.25) is 5.02 Å². The predicted octanol–water partition coefficient (Wildman–Crippen LogP) is 7.67. The third kappa shape index (κ3) is 5.50. The van der Waals surface area contributed by atoms with Gasteiger partial charge in [0.1, 0.15) is 12.4 Å². The van der Waals surface area contributed by atoms with Crippen LogP contribution in [0.25, 0.3) is 0 Å². The van der Waals surface area contributed by atoms with Gasteiger partial charge < -0.3 is 10.1 Å². The average molecular weight is 510 g/mol. The molecule has 0 atom stereocenters. The predicted molar refractivity (Wildman–Crippen MR) is 121 cm³/mol. The minimum atomic E-state index is 0.480. The van der Waals surface area contributed by atoms with E-state index in [0.29, 0.717) is 13.2 Å². The summed E-state index contributed by atoms with van der Waals surface area (Å²) in [6, 6.07) is 18.2. The first-order valence-corrected chi connectivity index (χ1v) is 10.5. The van der Waals surface area contributed by atoms with E-state index >= 15 is 0 Å². The normalized spacial score (nSPS) is 10.7. The number of nitrogens with one attached hydrogen (secondary N) is 1. The van der Waals surface area contributed by atoms with E-state index in [-0.39, 0.29) is 0 Å². The van der Waals surface area contributed by atoms with Crippen LogP contribution in [0.15, 0.2) is 63.5 Å². The Kier molecular flexibility index (Phi) is 6.85. The first-order chi connectivity index (χ1) is 12.9. The topological polar surface area (TPSA) is 21.3 Å². The fraction of sp³-hybridized carbons (Fsp3) is 0.182. The number of rotatable bonds is 6. The first kappa shape index (κ1) is 20.2. The van der Waals surface area contributed by atoms with Crippen LogP contribution < -0.4 is 10.1 Å². The highest BCUT2D eigenvalue weighted by molar-refractivity contribution is 9.11. The molecule has 2 nitrogen and oxygen atoms in total. The van der Waals surface area contributed by atoms with E-state index in [1.807, 2.05) is 30.3 Å². The lowest BCUT2D eigenvalue weighted by molar-refractivity contribution is 0.301. The Bertz CT molecular complexity index is 942. The molecule has 0 aliphatic rings. The molecule has 0 radical (unpaired) electrons. The Morgan fingerprint density at radius 3 is 2.37 bits per heavy atom. The van der Waals surface area contributed by atoms with E-state index in [1.54, 1.807) is 0 Å². The van der Waals surface area contributed by atoms with Crippen LogP contribution in [0, 0.1) is 13.8 Å². The molecular weight excluding hydrogens is 490 g/mol. The zero-order valence-electron chi connectivity index (χ0n) is 15.2. The molecule has 5 heteroatoms. The van der Waals surface area contributed by atoms with E-state index in [0.717, 1.165) is 36.5 Å². The molecule has 0 amide bonds. The molecule has 1 N–H and O–H groups in total. The Balaban J connectivity index is 1.77. The quantitative estimate of drug-likeness (QED) is 0.368. The van der Waals surface area contributed by atoms with Gasteiger partial charge in [-0.15, -0.1) is 0 Å². The van der Waals surface area contributed by atoms with Crippen molar-refractivity contribution >= 4 is 49.1 Å². The van der Waals surface area contributed by atoms with Crippen LogP contribution in [0.5, 0.6) is 5.75 Å². The van der Waals surface area contributed by atoms with Crippen molar-refractivity contribution in [3.63, 3.8) is 0 Å². The number of hydrogen-bond acceptors (Lipinski definition) is 2. The summed E-state index contributed by atoms with van der Waals surface area (Å²) in [4.78, 5) is 0. The number of halogens is 3. The van der Waals surface area contributed by atoms with Gasteiger partial charge in [-0.1, -0.05) is 45.7 Å². The Hall–Kier alpha value is -1.49. The highest BCUT2D eigenvalue weighted by Gasteiger charge is 2.11. The van der Waals surface area contributed by atoms with Crippen molar-refractivity contribution < 1.29 is 4.74 Å². The van der Waals surface area contributed by atoms with Crippen LogP contribution in [0.3, 0.4) is 0 Å². The summed E-state index contributed by atoms with van der Waals surface area (Å²) in [5, 5.41) is 4.21. The lowest BCUT2D eigenvalue weighted by Crippen LogP contribution is -2.05. The molecule has 0 saturated carbocycles. The van der Waals surface area contributed by atoms with Crippen molar-refractivity contribution in [2.75, 3.05) is 5.32 Å². The van der Waals surface area contributed by atoms with Gasteiger partial charge in [-0.25, -0.2) is 0 Å². The molecular formula is C22H20Br2ClNO. The summed E-state index contributed by atoms with van der Waals surface area (Å²) < 4.78 is 8.05. The van der Waals surface area contributed by atoms with Crippen molar-refractivity contribution in [3.05, 3.63) is 90.8 Å². The summed E-state index contributed by atoms with van der Waals surface area (Å²) in [6.07, 6.45) is 0. The minimum Gasteiger partial charge on any atom is -0.487 e. The molecule has 0 bridgehead atoms. The van der Waals surface area contributed by atoms with Crippen LogP contribution >= 0.6 is 43.5 Å². The highest BCUT2D eigenvalue weighted by Crippen LogP contribution is 2.34. The molecule has 0 heterocycles. The van der Waals surface area contributed by atoms with E-state index in [4.69, 9.17) is 16.3 Å². The largest absolute Gasteiger partial charge is 0.487 e. The van der Waals surface area contributed by atoms with Gasteiger partial charge in [0, 0.05) is 27.3 Å². The van der Waals surface area contributed by atoms with E-state index in [1.165, 1.54) is 11.1 Å². The van der Waals surface area contributed by atoms with Crippen LogP contribution in [-0.4, -0.2) is 0 Å². The molecule has 0 unspecified atom stereocenters. The molecule has 0 fully saturated rings. The molecule has 3 rings (SSSR count). The van der Waals surface area contributed by atoms with Gasteiger partial charge in [0.15, 0.2) is 0 Å². The van der Waals surface area contributed by atoms with E-state index in [9.17, 15) is 0 Å². The number of aryl methyl sites for hydroxylation is 2. The van der Waals surface area contributed by atoms with Gasteiger partial charge in [0.05, 0.1) is 4.47 Å². The summed E-state index contributed by atoms with van der Waals surface area (Å²) in [7, 11) is 0. The smallest absolute Gasteiger partial charge is 0.139 e. The number of hydrogen-bond donors (Lipinski definition) is 1. The fourth-order valence-corrected chi connectivity index (χ4v) is 4.25. The molecule has 0 aliphatic carbocycles. The summed E-state index contributed by atoms with van der Waals surface area (Å²) in [5.74, 6) is 0.837.